The second-order valence-electron chi connectivity index (χ2n) is 3.91. The van der Waals surface area contributed by atoms with Gasteiger partial charge in [0.15, 0.2) is 0 Å². The Bertz CT molecular complexity index is 767. The van der Waals surface area contributed by atoms with Crippen molar-refractivity contribution in [3.8, 4) is 11.3 Å². The van der Waals surface area contributed by atoms with Gasteiger partial charge in [0.25, 0.3) is 5.69 Å². The van der Waals surface area contributed by atoms with E-state index in [4.69, 9.17) is 0 Å². The van der Waals surface area contributed by atoms with Crippen LogP contribution in [-0.4, -0.2) is 19.3 Å². The van der Waals surface area contributed by atoms with Gasteiger partial charge in [0.05, 0.1) is 15.1 Å². The summed E-state index contributed by atoms with van der Waals surface area (Å²) in [5, 5.41) is 10.6. The summed E-state index contributed by atoms with van der Waals surface area (Å²) in [7, 11) is 0. The zero-order valence-electron chi connectivity index (χ0n) is 9.52. The van der Waals surface area contributed by atoms with Gasteiger partial charge < -0.3 is 0 Å². The third-order valence-electron chi connectivity index (χ3n) is 2.65. The number of hydrogen-bond acceptors (Lipinski definition) is 4. The minimum Gasteiger partial charge on any atom is -0.289 e. The van der Waals surface area contributed by atoms with Crippen molar-refractivity contribution in [2.75, 3.05) is 0 Å². The Balaban J connectivity index is 2.06. The van der Waals surface area contributed by atoms with Crippen molar-refractivity contribution in [3.05, 3.63) is 57.4 Å². The molecule has 0 fully saturated rings. The molecule has 0 amide bonds. The largest absolute Gasteiger partial charge is 0.289 e. The maximum atomic E-state index is 10.6. The molecule has 0 radical (unpaired) electrons. The van der Waals surface area contributed by atoms with Crippen molar-refractivity contribution in [3.63, 3.8) is 0 Å². The van der Waals surface area contributed by atoms with Crippen LogP contribution in [0.1, 0.15) is 0 Å². The van der Waals surface area contributed by atoms with Crippen molar-refractivity contribution in [2.24, 2.45) is 0 Å². The van der Waals surface area contributed by atoms with E-state index in [1.807, 2.05) is 12.4 Å². The first-order chi connectivity index (χ1) is 9.13. The number of aromatic nitrogens is 3. The van der Waals surface area contributed by atoms with Gasteiger partial charge in [0.1, 0.15) is 0 Å². The lowest BCUT2D eigenvalue weighted by atomic mass is 10.1. The number of non-ortho nitro benzene ring substituents is 1. The summed E-state index contributed by atoms with van der Waals surface area (Å²) in [6.07, 6.45) is 5.35. The first-order valence-electron chi connectivity index (χ1n) is 5.38. The number of nitro benzene ring substituents is 1. The van der Waals surface area contributed by atoms with Gasteiger partial charge in [-0.05, 0) is 28.1 Å². The van der Waals surface area contributed by atoms with E-state index in [-0.39, 0.29) is 5.69 Å². The highest BCUT2D eigenvalue weighted by Gasteiger charge is 2.08. The topological polar surface area (TPSA) is 73.3 Å². The third-order valence-corrected chi connectivity index (χ3v) is 3.06. The zero-order chi connectivity index (χ0) is 13.4. The van der Waals surface area contributed by atoms with Crippen LogP contribution in [0.3, 0.4) is 0 Å². The molecule has 2 aromatic heterocycles. The molecule has 19 heavy (non-hydrogen) atoms. The van der Waals surface area contributed by atoms with Crippen LogP contribution in [0.4, 0.5) is 5.69 Å². The molecule has 0 unspecified atom stereocenters. The van der Waals surface area contributed by atoms with Crippen LogP contribution < -0.4 is 0 Å². The summed E-state index contributed by atoms with van der Waals surface area (Å²) in [6, 6.07) is 6.27. The molecule has 0 aliphatic rings. The van der Waals surface area contributed by atoms with Gasteiger partial charge in [-0.3, -0.25) is 14.5 Å². The lowest BCUT2D eigenvalue weighted by Crippen LogP contribution is -1.87. The monoisotopic (exact) mass is 318 g/mol. The standard InChI is InChI=1S/C12H7BrN4O2/c13-9-5-14-12-15-11(7-16(12)6-9)8-1-3-10(4-2-8)17(18)19/h1-7H. The molecule has 94 valence electrons. The molecule has 0 saturated heterocycles. The van der Waals surface area contributed by atoms with Gasteiger partial charge in [0.2, 0.25) is 5.78 Å². The van der Waals surface area contributed by atoms with Crippen molar-refractivity contribution < 1.29 is 4.92 Å². The predicted octanol–water partition coefficient (Wildman–Crippen LogP) is 3.07. The lowest BCUT2D eigenvalue weighted by molar-refractivity contribution is -0.384. The number of halogens is 1. The summed E-state index contributed by atoms with van der Waals surface area (Å²) >= 11 is 3.34. The molecule has 0 spiro atoms. The van der Waals surface area contributed by atoms with Crippen LogP contribution in [0.15, 0.2) is 47.3 Å². The summed E-state index contributed by atoms with van der Waals surface area (Å²) in [6.45, 7) is 0. The van der Waals surface area contributed by atoms with Gasteiger partial charge in [-0.1, -0.05) is 0 Å². The number of nitro groups is 1. The Labute approximate surface area is 116 Å². The molecule has 0 saturated carbocycles. The minimum absolute atomic E-state index is 0.0633. The van der Waals surface area contributed by atoms with Gasteiger partial charge >= 0.3 is 0 Å². The van der Waals surface area contributed by atoms with Crippen LogP contribution in [0, 0.1) is 10.1 Å². The van der Waals surface area contributed by atoms with Crippen LogP contribution in [0.25, 0.3) is 17.0 Å². The van der Waals surface area contributed by atoms with Crippen molar-refractivity contribution >= 4 is 27.4 Å². The molecule has 0 aliphatic carbocycles. The molecule has 0 bridgehead atoms. The maximum absolute atomic E-state index is 10.6. The molecule has 0 atom stereocenters. The van der Waals surface area contributed by atoms with E-state index in [9.17, 15) is 10.1 Å². The van der Waals surface area contributed by atoms with Crippen LogP contribution in [0.5, 0.6) is 0 Å². The van der Waals surface area contributed by atoms with Crippen molar-refractivity contribution in [2.45, 2.75) is 0 Å². The Morgan fingerprint density at radius 1 is 1.21 bits per heavy atom. The van der Waals surface area contributed by atoms with E-state index in [0.717, 1.165) is 15.7 Å². The highest BCUT2D eigenvalue weighted by molar-refractivity contribution is 9.10. The molecule has 3 aromatic rings. The van der Waals surface area contributed by atoms with Gasteiger partial charge in [0, 0.05) is 36.3 Å². The highest BCUT2D eigenvalue weighted by atomic mass is 79.9. The number of rotatable bonds is 2. The van der Waals surface area contributed by atoms with E-state index in [0.29, 0.717) is 5.78 Å². The second-order valence-corrected chi connectivity index (χ2v) is 4.83. The Kier molecular flexibility index (Phi) is 2.75. The summed E-state index contributed by atoms with van der Waals surface area (Å²) in [4.78, 5) is 18.7. The molecule has 0 aliphatic heterocycles. The molecular formula is C12H7BrN4O2. The first-order valence-corrected chi connectivity index (χ1v) is 6.18. The SMILES string of the molecule is O=[N+]([O-])c1ccc(-c2cn3cc(Br)cnc3n2)cc1. The number of imidazole rings is 1. The number of hydrogen-bond donors (Lipinski definition) is 0. The van der Waals surface area contributed by atoms with E-state index in [1.165, 1.54) is 12.1 Å². The van der Waals surface area contributed by atoms with E-state index in [1.54, 1.807) is 22.7 Å². The molecule has 6 nitrogen and oxygen atoms in total. The molecule has 0 N–H and O–H groups in total. The van der Waals surface area contributed by atoms with Gasteiger partial charge in [-0.2, -0.15) is 0 Å². The van der Waals surface area contributed by atoms with Crippen LogP contribution in [-0.2, 0) is 0 Å². The second kappa shape index (κ2) is 4.43. The molecule has 7 heteroatoms. The Hall–Kier alpha value is -2.28. The third kappa shape index (κ3) is 2.19. The molecule has 3 rings (SSSR count). The van der Waals surface area contributed by atoms with E-state index >= 15 is 0 Å². The van der Waals surface area contributed by atoms with E-state index in [2.05, 4.69) is 25.9 Å². The highest BCUT2D eigenvalue weighted by Crippen LogP contribution is 2.22. The zero-order valence-corrected chi connectivity index (χ0v) is 11.1. The number of fused-ring (bicyclic) bond motifs is 1. The lowest BCUT2D eigenvalue weighted by Gasteiger charge is -1.95. The number of nitrogens with zero attached hydrogens (tertiary/aromatic N) is 4. The maximum Gasteiger partial charge on any atom is 0.269 e. The average Bonchev–Trinajstić information content (AvgIpc) is 2.81. The summed E-state index contributed by atoms with van der Waals surface area (Å²) in [5.41, 5.74) is 1.60. The molecule has 2 heterocycles. The Morgan fingerprint density at radius 3 is 2.63 bits per heavy atom. The fraction of sp³-hybridized carbons (Fsp3) is 0. The normalized spacial score (nSPS) is 10.8. The van der Waals surface area contributed by atoms with Crippen molar-refractivity contribution in [1.82, 2.24) is 14.4 Å². The quantitative estimate of drug-likeness (QED) is 0.537. The fourth-order valence-corrected chi connectivity index (χ4v) is 2.08. The van der Waals surface area contributed by atoms with E-state index < -0.39 is 4.92 Å². The summed E-state index contributed by atoms with van der Waals surface area (Å²) < 4.78 is 2.65. The van der Waals surface area contributed by atoms with Gasteiger partial charge in [-0.15, -0.1) is 0 Å². The molecular weight excluding hydrogens is 312 g/mol. The predicted molar refractivity (Wildman–Crippen MR) is 72.8 cm³/mol. The minimum atomic E-state index is -0.424. The fourth-order valence-electron chi connectivity index (χ4n) is 1.75. The van der Waals surface area contributed by atoms with Gasteiger partial charge in [-0.25, -0.2) is 9.97 Å². The molecule has 1 aromatic carbocycles. The van der Waals surface area contributed by atoms with Crippen LogP contribution in [0.2, 0.25) is 0 Å². The number of benzene rings is 1. The summed E-state index contributed by atoms with van der Waals surface area (Å²) in [5.74, 6) is 0.580. The Morgan fingerprint density at radius 2 is 1.95 bits per heavy atom. The average molecular weight is 319 g/mol. The van der Waals surface area contributed by atoms with Crippen molar-refractivity contribution in [1.29, 1.82) is 0 Å². The van der Waals surface area contributed by atoms with Crippen LogP contribution >= 0.6 is 15.9 Å². The smallest absolute Gasteiger partial charge is 0.269 e. The first kappa shape index (κ1) is 11.8.